The highest BCUT2D eigenvalue weighted by Gasteiger charge is 2.32. The zero-order chi connectivity index (χ0) is 18.8. The van der Waals surface area contributed by atoms with Gasteiger partial charge in [-0.05, 0) is 37.5 Å². The van der Waals surface area contributed by atoms with Crippen LogP contribution in [0.3, 0.4) is 0 Å². The minimum Gasteiger partial charge on any atom is -0.481 e. The number of carbonyl (C=O) groups excluding carboxylic acids is 1. The molecular weight excluding hydrogens is 328 g/mol. The van der Waals surface area contributed by atoms with Crippen molar-refractivity contribution in [3.63, 3.8) is 0 Å². The van der Waals surface area contributed by atoms with Crippen LogP contribution in [0, 0.1) is 17.8 Å². The molecule has 4 nitrogen and oxygen atoms in total. The molecular formula is C22H36O4. The molecule has 2 aliphatic carbocycles. The monoisotopic (exact) mass is 364 g/mol. The van der Waals surface area contributed by atoms with Gasteiger partial charge in [-0.3, -0.25) is 9.59 Å². The fourth-order valence-corrected chi connectivity index (χ4v) is 4.65. The fourth-order valence-electron chi connectivity index (χ4n) is 4.65. The molecule has 0 aliphatic heterocycles. The number of unbranched alkanes of at least 4 members (excludes halogenated alkanes) is 3. The standard InChI is InChI=1S/C22H36O4/c23-19(16-17-8-4-3-5-9-17)14-12-18-13-15-21(24)20(18)10-6-1-2-7-11-22(25)26/h12,14,17-20,23H,1-11,13,15-16H2,(H,25,26)/t18-,19?,20+/m1/s1. The quantitative estimate of drug-likeness (QED) is 0.404. The normalized spacial score (nSPS) is 25.8. The number of hydrogen-bond acceptors (Lipinski definition) is 3. The van der Waals surface area contributed by atoms with E-state index >= 15 is 0 Å². The lowest BCUT2D eigenvalue weighted by Crippen LogP contribution is -2.16. The molecule has 3 atom stereocenters. The number of Topliss-reactive ketones (excluding diaryl/α,β-unsaturated/α-hetero) is 1. The summed E-state index contributed by atoms with van der Waals surface area (Å²) in [5, 5.41) is 19.0. The van der Waals surface area contributed by atoms with Crippen LogP contribution in [-0.2, 0) is 9.59 Å². The van der Waals surface area contributed by atoms with Gasteiger partial charge in [0.15, 0.2) is 0 Å². The Hall–Kier alpha value is -1.16. The van der Waals surface area contributed by atoms with E-state index in [-0.39, 0.29) is 24.4 Å². The molecule has 2 N–H and O–H groups in total. The molecule has 2 aliphatic rings. The second-order valence-corrected chi connectivity index (χ2v) is 8.31. The number of aliphatic hydroxyl groups excluding tert-OH is 1. The van der Waals surface area contributed by atoms with Crippen molar-refractivity contribution in [3.8, 4) is 0 Å². The molecule has 148 valence electrons. The van der Waals surface area contributed by atoms with Crippen molar-refractivity contribution < 1.29 is 19.8 Å². The summed E-state index contributed by atoms with van der Waals surface area (Å²) in [6, 6.07) is 0. The van der Waals surface area contributed by atoms with Crippen molar-refractivity contribution in [2.45, 2.75) is 96.0 Å². The molecule has 1 unspecified atom stereocenters. The van der Waals surface area contributed by atoms with Gasteiger partial charge in [0.1, 0.15) is 5.78 Å². The zero-order valence-electron chi connectivity index (χ0n) is 16.1. The van der Waals surface area contributed by atoms with Gasteiger partial charge in [0, 0.05) is 18.8 Å². The average Bonchev–Trinajstić information content (AvgIpc) is 2.97. The van der Waals surface area contributed by atoms with Gasteiger partial charge in [-0.2, -0.15) is 0 Å². The van der Waals surface area contributed by atoms with Crippen molar-refractivity contribution >= 4 is 11.8 Å². The molecule has 0 heterocycles. The van der Waals surface area contributed by atoms with Gasteiger partial charge in [-0.15, -0.1) is 0 Å². The Morgan fingerprint density at radius 1 is 1.08 bits per heavy atom. The highest BCUT2D eigenvalue weighted by Crippen LogP contribution is 2.34. The number of rotatable bonds is 11. The van der Waals surface area contributed by atoms with Crippen LogP contribution in [0.1, 0.15) is 89.9 Å². The SMILES string of the molecule is O=C(O)CCCCCC[C@@H]1C(=O)CC[C@H]1C=CC(O)CC1CCCCC1. The molecule has 0 radical (unpaired) electrons. The smallest absolute Gasteiger partial charge is 0.303 e. The summed E-state index contributed by atoms with van der Waals surface area (Å²) in [7, 11) is 0. The number of carboxylic acid groups (broad SMARTS) is 1. The Morgan fingerprint density at radius 2 is 1.81 bits per heavy atom. The van der Waals surface area contributed by atoms with E-state index in [1.807, 2.05) is 6.08 Å². The first-order chi connectivity index (χ1) is 12.6. The van der Waals surface area contributed by atoms with Gasteiger partial charge in [0.2, 0.25) is 0 Å². The molecule has 0 aromatic carbocycles. The lowest BCUT2D eigenvalue weighted by atomic mass is 9.85. The van der Waals surface area contributed by atoms with Gasteiger partial charge in [-0.1, -0.05) is 63.5 Å². The molecule has 0 aromatic rings. The van der Waals surface area contributed by atoms with Crippen molar-refractivity contribution in [3.05, 3.63) is 12.2 Å². The summed E-state index contributed by atoms with van der Waals surface area (Å²) in [6.07, 6.45) is 17.3. The molecule has 0 saturated heterocycles. The number of carbonyl (C=O) groups is 2. The van der Waals surface area contributed by atoms with Crippen LogP contribution in [-0.4, -0.2) is 28.1 Å². The summed E-state index contributed by atoms with van der Waals surface area (Å²) in [5.41, 5.74) is 0. The summed E-state index contributed by atoms with van der Waals surface area (Å²) >= 11 is 0. The minimum absolute atomic E-state index is 0.104. The van der Waals surface area contributed by atoms with E-state index in [9.17, 15) is 14.7 Å². The Bertz CT molecular complexity index is 465. The number of allylic oxidation sites excluding steroid dienone is 1. The minimum atomic E-state index is -0.729. The number of ketones is 1. The van der Waals surface area contributed by atoms with Crippen LogP contribution in [0.2, 0.25) is 0 Å². The summed E-state index contributed by atoms with van der Waals surface area (Å²) in [6.45, 7) is 0. The number of hydrogen-bond donors (Lipinski definition) is 2. The van der Waals surface area contributed by atoms with E-state index in [2.05, 4.69) is 6.08 Å². The summed E-state index contributed by atoms with van der Waals surface area (Å²) in [5.74, 6) is 0.685. The summed E-state index contributed by atoms with van der Waals surface area (Å²) in [4.78, 5) is 22.7. The highest BCUT2D eigenvalue weighted by molar-refractivity contribution is 5.83. The van der Waals surface area contributed by atoms with Crippen LogP contribution in [0.5, 0.6) is 0 Å². The molecule has 2 rings (SSSR count). The number of carboxylic acids is 1. The maximum atomic E-state index is 12.2. The average molecular weight is 365 g/mol. The Labute approximate surface area is 158 Å². The van der Waals surface area contributed by atoms with Gasteiger partial charge in [-0.25, -0.2) is 0 Å². The van der Waals surface area contributed by atoms with Crippen LogP contribution in [0.25, 0.3) is 0 Å². The predicted octanol–water partition coefficient (Wildman–Crippen LogP) is 4.89. The first-order valence-electron chi connectivity index (χ1n) is 10.7. The van der Waals surface area contributed by atoms with Crippen LogP contribution >= 0.6 is 0 Å². The topological polar surface area (TPSA) is 74.6 Å². The van der Waals surface area contributed by atoms with E-state index in [4.69, 9.17) is 5.11 Å². The molecule has 2 fully saturated rings. The lowest BCUT2D eigenvalue weighted by Gasteiger charge is -2.23. The zero-order valence-corrected chi connectivity index (χ0v) is 16.1. The van der Waals surface area contributed by atoms with E-state index < -0.39 is 5.97 Å². The van der Waals surface area contributed by atoms with Crippen LogP contribution in [0.15, 0.2) is 12.2 Å². The Balaban J connectivity index is 1.69. The summed E-state index contributed by atoms with van der Waals surface area (Å²) < 4.78 is 0. The maximum absolute atomic E-state index is 12.2. The molecule has 0 spiro atoms. The third kappa shape index (κ3) is 7.61. The van der Waals surface area contributed by atoms with E-state index in [0.717, 1.165) is 44.9 Å². The number of aliphatic carboxylic acids is 1. The van der Waals surface area contributed by atoms with E-state index in [1.54, 1.807) is 0 Å². The number of aliphatic hydroxyl groups is 1. The molecule has 2 saturated carbocycles. The maximum Gasteiger partial charge on any atom is 0.303 e. The third-order valence-electron chi connectivity index (χ3n) is 6.19. The van der Waals surface area contributed by atoms with E-state index in [0.29, 0.717) is 18.1 Å². The van der Waals surface area contributed by atoms with Crippen LogP contribution < -0.4 is 0 Å². The van der Waals surface area contributed by atoms with Crippen molar-refractivity contribution in [1.82, 2.24) is 0 Å². The molecule has 0 bridgehead atoms. The highest BCUT2D eigenvalue weighted by atomic mass is 16.4. The molecule has 0 aromatic heterocycles. The molecule has 4 heteroatoms. The van der Waals surface area contributed by atoms with Crippen molar-refractivity contribution in [2.75, 3.05) is 0 Å². The van der Waals surface area contributed by atoms with Crippen LogP contribution in [0.4, 0.5) is 0 Å². The van der Waals surface area contributed by atoms with Crippen molar-refractivity contribution in [1.29, 1.82) is 0 Å². The first-order valence-corrected chi connectivity index (χ1v) is 10.7. The molecule has 26 heavy (non-hydrogen) atoms. The fraction of sp³-hybridized carbons (Fsp3) is 0.818. The third-order valence-corrected chi connectivity index (χ3v) is 6.19. The van der Waals surface area contributed by atoms with Gasteiger partial charge >= 0.3 is 5.97 Å². The largest absolute Gasteiger partial charge is 0.481 e. The second-order valence-electron chi connectivity index (χ2n) is 8.31. The van der Waals surface area contributed by atoms with Gasteiger partial charge in [0.25, 0.3) is 0 Å². The first kappa shape index (κ1) is 21.1. The van der Waals surface area contributed by atoms with E-state index in [1.165, 1.54) is 32.1 Å². The molecule has 0 amide bonds. The Kier molecular flexibility index (Phi) is 9.38. The van der Waals surface area contributed by atoms with Gasteiger partial charge < -0.3 is 10.2 Å². The second kappa shape index (κ2) is 11.5. The lowest BCUT2D eigenvalue weighted by molar-refractivity contribution is -0.137. The van der Waals surface area contributed by atoms with Gasteiger partial charge in [0.05, 0.1) is 6.10 Å². The van der Waals surface area contributed by atoms with Crippen molar-refractivity contribution in [2.24, 2.45) is 17.8 Å². The Morgan fingerprint density at radius 3 is 2.54 bits per heavy atom. The predicted molar refractivity (Wildman–Crippen MR) is 103 cm³/mol.